The van der Waals surface area contributed by atoms with Crippen LogP contribution >= 0.6 is 0 Å². The number of para-hydroxylation sites is 1. The molecule has 0 unspecified atom stereocenters. The first-order valence-corrected chi connectivity index (χ1v) is 6.55. The van der Waals surface area contributed by atoms with Gasteiger partial charge in [0.15, 0.2) is 0 Å². The summed E-state index contributed by atoms with van der Waals surface area (Å²) in [5.74, 6) is -1.36. The van der Waals surface area contributed by atoms with Crippen LogP contribution in [0.4, 0.5) is 5.69 Å². The number of nitriles is 1. The summed E-state index contributed by atoms with van der Waals surface area (Å²) in [6, 6.07) is 13.1. The Morgan fingerprint density at radius 1 is 1.26 bits per heavy atom. The van der Waals surface area contributed by atoms with Gasteiger partial charge in [0.2, 0.25) is 0 Å². The Labute approximate surface area is 129 Å². The van der Waals surface area contributed by atoms with E-state index in [9.17, 15) is 20.2 Å². The molecule has 0 atom stereocenters. The molecule has 0 aliphatic heterocycles. The second kappa shape index (κ2) is 5.27. The van der Waals surface area contributed by atoms with Crippen molar-refractivity contribution in [1.29, 1.82) is 5.26 Å². The van der Waals surface area contributed by atoms with Gasteiger partial charge in [-0.25, -0.2) is 4.79 Å². The number of hydrogen-bond donors (Lipinski definition) is 1. The third-order valence-corrected chi connectivity index (χ3v) is 3.52. The summed E-state index contributed by atoms with van der Waals surface area (Å²) in [7, 11) is 0. The Morgan fingerprint density at radius 2 is 2.00 bits per heavy atom. The topological polar surface area (TPSA) is 109 Å². The molecular weight excluding hydrogens is 298 g/mol. The SMILES string of the molecule is N#Cc1cn(-c2ccc(C(=O)O)c([N+](=O)[O-])c2)c2ccccc12. The summed E-state index contributed by atoms with van der Waals surface area (Å²) in [6.45, 7) is 0. The van der Waals surface area contributed by atoms with Gasteiger partial charge < -0.3 is 9.67 Å². The molecule has 0 aliphatic rings. The molecule has 1 N–H and O–H groups in total. The second-order valence-corrected chi connectivity index (χ2v) is 4.81. The Morgan fingerprint density at radius 3 is 2.65 bits per heavy atom. The first-order valence-electron chi connectivity index (χ1n) is 6.55. The lowest BCUT2D eigenvalue weighted by atomic mass is 10.1. The van der Waals surface area contributed by atoms with Crippen molar-refractivity contribution in [2.45, 2.75) is 0 Å². The van der Waals surface area contributed by atoms with E-state index in [0.717, 1.165) is 5.39 Å². The smallest absolute Gasteiger partial charge is 0.342 e. The van der Waals surface area contributed by atoms with Crippen molar-refractivity contribution in [2.75, 3.05) is 0 Å². The van der Waals surface area contributed by atoms with Gasteiger partial charge in [0, 0.05) is 17.6 Å². The number of aromatic nitrogens is 1. The number of hydrogen-bond acceptors (Lipinski definition) is 4. The molecule has 0 amide bonds. The monoisotopic (exact) mass is 307 g/mol. The minimum atomic E-state index is -1.36. The van der Waals surface area contributed by atoms with E-state index in [1.165, 1.54) is 18.2 Å². The predicted octanol–water partition coefficient (Wildman–Crippen LogP) is 3.11. The number of carbonyl (C=O) groups is 1. The van der Waals surface area contributed by atoms with Crippen LogP contribution in [0.5, 0.6) is 0 Å². The molecule has 0 saturated carbocycles. The lowest BCUT2D eigenvalue weighted by Gasteiger charge is -2.06. The molecule has 0 radical (unpaired) electrons. The van der Waals surface area contributed by atoms with Crippen molar-refractivity contribution >= 4 is 22.6 Å². The van der Waals surface area contributed by atoms with E-state index in [1.807, 2.05) is 0 Å². The molecule has 2 aromatic carbocycles. The average Bonchev–Trinajstić information content (AvgIpc) is 2.93. The van der Waals surface area contributed by atoms with E-state index in [4.69, 9.17) is 5.11 Å². The molecule has 3 aromatic rings. The van der Waals surface area contributed by atoms with Gasteiger partial charge >= 0.3 is 5.97 Å². The van der Waals surface area contributed by atoms with Gasteiger partial charge in [-0.15, -0.1) is 0 Å². The van der Waals surface area contributed by atoms with Gasteiger partial charge in [-0.05, 0) is 18.2 Å². The maximum atomic E-state index is 11.1. The van der Waals surface area contributed by atoms with Crippen LogP contribution in [0.3, 0.4) is 0 Å². The first-order chi connectivity index (χ1) is 11.0. The number of aromatic carboxylic acids is 1. The zero-order valence-corrected chi connectivity index (χ0v) is 11.6. The summed E-state index contributed by atoms with van der Waals surface area (Å²) in [6.07, 6.45) is 1.57. The van der Waals surface area contributed by atoms with Crippen molar-refractivity contribution in [2.24, 2.45) is 0 Å². The number of nitro benzene ring substituents is 1. The fourth-order valence-electron chi connectivity index (χ4n) is 2.48. The highest BCUT2D eigenvalue weighted by Gasteiger charge is 2.21. The second-order valence-electron chi connectivity index (χ2n) is 4.81. The molecule has 7 heteroatoms. The highest BCUT2D eigenvalue weighted by Crippen LogP contribution is 2.28. The number of nitrogens with zero attached hydrogens (tertiary/aromatic N) is 3. The molecule has 0 spiro atoms. The summed E-state index contributed by atoms with van der Waals surface area (Å²) in [4.78, 5) is 21.5. The molecule has 23 heavy (non-hydrogen) atoms. The minimum absolute atomic E-state index is 0.379. The summed E-state index contributed by atoms with van der Waals surface area (Å²) < 4.78 is 1.63. The van der Waals surface area contributed by atoms with E-state index in [-0.39, 0.29) is 5.56 Å². The lowest BCUT2D eigenvalue weighted by molar-refractivity contribution is -0.385. The van der Waals surface area contributed by atoms with E-state index in [1.54, 1.807) is 35.0 Å². The van der Waals surface area contributed by atoms with Crippen LogP contribution in [0.1, 0.15) is 15.9 Å². The highest BCUT2D eigenvalue weighted by atomic mass is 16.6. The molecule has 3 rings (SSSR count). The maximum Gasteiger partial charge on any atom is 0.342 e. The Kier molecular flexibility index (Phi) is 3.27. The van der Waals surface area contributed by atoms with Gasteiger partial charge in [-0.3, -0.25) is 10.1 Å². The number of benzene rings is 2. The number of rotatable bonds is 3. The summed E-state index contributed by atoms with van der Waals surface area (Å²) in [5.41, 5.74) is 0.688. The van der Waals surface area contributed by atoms with E-state index in [2.05, 4.69) is 6.07 Å². The Hall–Kier alpha value is -3.66. The van der Waals surface area contributed by atoms with E-state index < -0.39 is 16.6 Å². The van der Waals surface area contributed by atoms with Crippen molar-refractivity contribution in [3.05, 3.63) is 69.9 Å². The van der Waals surface area contributed by atoms with E-state index in [0.29, 0.717) is 16.8 Å². The molecule has 7 nitrogen and oxygen atoms in total. The van der Waals surface area contributed by atoms with Crippen LogP contribution in [0.2, 0.25) is 0 Å². The van der Waals surface area contributed by atoms with Gasteiger partial charge in [-0.1, -0.05) is 18.2 Å². The van der Waals surface area contributed by atoms with Crippen molar-refractivity contribution in [3.63, 3.8) is 0 Å². The number of nitro groups is 1. The van der Waals surface area contributed by atoms with Crippen molar-refractivity contribution in [1.82, 2.24) is 4.57 Å². The van der Waals surface area contributed by atoms with Crippen molar-refractivity contribution < 1.29 is 14.8 Å². The number of carboxylic acid groups (broad SMARTS) is 1. The van der Waals surface area contributed by atoms with Gasteiger partial charge in [0.1, 0.15) is 11.6 Å². The average molecular weight is 307 g/mol. The van der Waals surface area contributed by atoms with Crippen LogP contribution < -0.4 is 0 Å². The standard InChI is InChI=1S/C16H9N3O4/c17-8-10-9-18(14-4-2-1-3-12(10)14)11-5-6-13(16(20)21)15(7-11)19(22)23/h1-7,9H,(H,20,21). The zero-order valence-electron chi connectivity index (χ0n) is 11.6. The van der Waals surface area contributed by atoms with Crippen LogP contribution in [0.25, 0.3) is 16.6 Å². The summed E-state index contributed by atoms with van der Waals surface area (Å²) >= 11 is 0. The van der Waals surface area contributed by atoms with Crippen LogP contribution in [-0.2, 0) is 0 Å². The molecule has 0 aliphatic carbocycles. The fourth-order valence-corrected chi connectivity index (χ4v) is 2.48. The molecule has 0 saturated heterocycles. The highest BCUT2D eigenvalue weighted by molar-refractivity contribution is 5.93. The normalized spacial score (nSPS) is 10.4. The third kappa shape index (κ3) is 2.28. The number of carboxylic acids is 1. The summed E-state index contributed by atoms with van der Waals surface area (Å²) in [5, 5.41) is 30.1. The Bertz CT molecular complexity index is 998. The van der Waals surface area contributed by atoms with Gasteiger partial charge in [0.25, 0.3) is 5.69 Å². The molecule has 112 valence electrons. The lowest BCUT2D eigenvalue weighted by Crippen LogP contribution is -2.04. The quantitative estimate of drug-likeness (QED) is 0.590. The largest absolute Gasteiger partial charge is 0.477 e. The van der Waals surface area contributed by atoms with Crippen molar-refractivity contribution in [3.8, 4) is 11.8 Å². The van der Waals surface area contributed by atoms with Gasteiger partial charge in [0.05, 0.1) is 21.7 Å². The maximum absolute atomic E-state index is 11.1. The molecule has 0 bridgehead atoms. The minimum Gasteiger partial charge on any atom is -0.477 e. The Balaban J connectivity index is 2.28. The molecule has 1 heterocycles. The third-order valence-electron chi connectivity index (χ3n) is 3.52. The molecule has 0 fully saturated rings. The molecular formula is C16H9N3O4. The molecule has 1 aromatic heterocycles. The van der Waals surface area contributed by atoms with Gasteiger partial charge in [-0.2, -0.15) is 5.26 Å². The zero-order chi connectivity index (χ0) is 16.6. The van der Waals surface area contributed by atoms with Crippen LogP contribution in [0.15, 0.2) is 48.7 Å². The number of fused-ring (bicyclic) bond motifs is 1. The predicted molar refractivity (Wildman–Crippen MR) is 81.6 cm³/mol. The van der Waals surface area contributed by atoms with E-state index >= 15 is 0 Å². The van der Waals surface area contributed by atoms with Crippen LogP contribution in [0, 0.1) is 21.4 Å². The van der Waals surface area contributed by atoms with Crippen LogP contribution in [-0.4, -0.2) is 20.6 Å². The first kappa shape index (κ1) is 14.3. The fraction of sp³-hybridized carbons (Fsp3) is 0.